The van der Waals surface area contributed by atoms with Gasteiger partial charge in [0, 0.05) is 18.1 Å². The third-order valence-corrected chi connectivity index (χ3v) is 3.74. The number of nitrogen functional groups attached to an aromatic ring is 1. The van der Waals surface area contributed by atoms with Gasteiger partial charge in [0.25, 0.3) is 11.6 Å². The predicted octanol–water partition coefficient (Wildman–Crippen LogP) is 2.74. The van der Waals surface area contributed by atoms with Crippen LogP contribution in [0.25, 0.3) is 11.5 Å². The molecular weight excluding hydrogens is 260 g/mol. The second-order valence-electron chi connectivity index (χ2n) is 5.73. The zero-order valence-corrected chi connectivity index (χ0v) is 11.2. The minimum absolute atomic E-state index is 0.0608. The van der Waals surface area contributed by atoms with Gasteiger partial charge in [0.15, 0.2) is 5.82 Å². The lowest BCUT2D eigenvalue weighted by molar-refractivity contribution is -0.384. The molecule has 1 saturated carbocycles. The maximum absolute atomic E-state index is 10.7. The number of non-ortho nitro benzene ring substituents is 1. The van der Waals surface area contributed by atoms with Crippen LogP contribution in [-0.4, -0.2) is 15.1 Å². The van der Waals surface area contributed by atoms with E-state index >= 15 is 0 Å². The second kappa shape index (κ2) is 4.03. The lowest BCUT2D eigenvalue weighted by Gasteiger charge is -2.00. The highest BCUT2D eigenvalue weighted by Crippen LogP contribution is 2.57. The van der Waals surface area contributed by atoms with Crippen LogP contribution in [0.5, 0.6) is 0 Å². The number of rotatable bonds is 3. The van der Waals surface area contributed by atoms with Gasteiger partial charge < -0.3 is 10.3 Å². The largest absolute Gasteiger partial charge is 0.398 e. The number of benzene rings is 1. The van der Waals surface area contributed by atoms with Crippen molar-refractivity contribution >= 4 is 11.4 Å². The van der Waals surface area contributed by atoms with Crippen molar-refractivity contribution in [3.05, 3.63) is 34.1 Å². The standard InChI is InChI=1S/C13H14N4O3/c1-13(2)6-9(13)11-15-12(20-16-11)8-4-3-7(17(18)19)5-10(8)14/h3-5,9H,6,14H2,1-2H3. The van der Waals surface area contributed by atoms with Gasteiger partial charge in [-0.3, -0.25) is 10.1 Å². The van der Waals surface area contributed by atoms with Crippen molar-refractivity contribution in [2.24, 2.45) is 5.41 Å². The van der Waals surface area contributed by atoms with Crippen LogP contribution < -0.4 is 5.73 Å². The van der Waals surface area contributed by atoms with E-state index in [1.165, 1.54) is 18.2 Å². The van der Waals surface area contributed by atoms with Crippen molar-refractivity contribution in [3.8, 4) is 11.5 Å². The third kappa shape index (κ3) is 2.01. The highest BCUT2D eigenvalue weighted by atomic mass is 16.6. The average molecular weight is 274 g/mol. The van der Waals surface area contributed by atoms with E-state index in [0.29, 0.717) is 23.2 Å². The van der Waals surface area contributed by atoms with Crippen LogP contribution in [0.15, 0.2) is 22.7 Å². The summed E-state index contributed by atoms with van der Waals surface area (Å²) in [5.41, 5.74) is 6.74. The van der Waals surface area contributed by atoms with Gasteiger partial charge in [0.2, 0.25) is 0 Å². The van der Waals surface area contributed by atoms with E-state index in [0.717, 1.165) is 6.42 Å². The number of nitro benzene ring substituents is 1. The Hall–Kier alpha value is -2.44. The Kier molecular flexibility index (Phi) is 2.53. The molecule has 1 aromatic heterocycles. The zero-order valence-electron chi connectivity index (χ0n) is 11.2. The molecule has 0 amide bonds. The number of anilines is 1. The average Bonchev–Trinajstić information content (AvgIpc) is 2.82. The molecule has 7 nitrogen and oxygen atoms in total. The number of nitrogens with two attached hydrogens (primary N) is 1. The van der Waals surface area contributed by atoms with Crippen molar-refractivity contribution in [2.75, 3.05) is 5.73 Å². The quantitative estimate of drug-likeness (QED) is 0.523. The molecule has 0 saturated heterocycles. The minimum Gasteiger partial charge on any atom is -0.398 e. The summed E-state index contributed by atoms with van der Waals surface area (Å²) in [6, 6.07) is 4.19. The molecule has 1 aliphatic carbocycles. The smallest absolute Gasteiger partial charge is 0.271 e. The Bertz CT molecular complexity index is 693. The lowest BCUT2D eigenvalue weighted by atomic mass is 10.1. The Morgan fingerprint density at radius 2 is 2.20 bits per heavy atom. The van der Waals surface area contributed by atoms with Gasteiger partial charge in [-0.05, 0) is 17.9 Å². The van der Waals surface area contributed by atoms with E-state index < -0.39 is 4.92 Å². The molecule has 0 bridgehead atoms. The first-order valence-electron chi connectivity index (χ1n) is 6.26. The molecule has 3 rings (SSSR count). The topological polar surface area (TPSA) is 108 Å². The second-order valence-corrected chi connectivity index (χ2v) is 5.73. The summed E-state index contributed by atoms with van der Waals surface area (Å²) in [6.45, 7) is 4.29. The van der Waals surface area contributed by atoms with Gasteiger partial charge >= 0.3 is 0 Å². The van der Waals surface area contributed by atoms with Gasteiger partial charge in [0.05, 0.1) is 16.2 Å². The number of nitro groups is 1. The summed E-state index contributed by atoms with van der Waals surface area (Å²) in [6.07, 6.45) is 1.03. The SMILES string of the molecule is CC1(C)CC1c1noc(-c2ccc([N+](=O)[O-])cc2N)n1. The van der Waals surface area contributed by atoms with Crippen LogP contribution in [0.4, 0.5) is 11.4 Å². The Balaban J connectivity index is 1.92. The van der Waals surface area contributed by atoms with E-state index in [2.05, 4.69) is 24.0 Å². The van der Waals surface area contributed by atoms with Crippen LogP contribution >= 0.6 is 0 Å². The molecule has 2 N–H and O–H groups in total. The molecule has 0 aliphatic heterocycles. The maximum atomic E-state index is 10.7. The third-order valence-electron chi connectivity index (χ3n) is 3.74. The van der Waals surface area contributed by atoms with Crippen LogP contribution in [0.1, 0.15) is 32.0 Å². The maximum Gasteiger partial charge on any atom is 0.271 e. The van der Waals surface area contributed by atoms with Gasteiger partial charge in [-0.1, -0.05) is 19.0 Å². The molecule has 104 valence electrons. The molecule has 1 unspecified atom stereocenters. The fourth-order valence-corrected chi connectivity index (χ4v) is 2.25. The van der Waals surface area contributed by atoms with Gasteiger partial charge in [-0.25, -0.2) is 0 Å². The molecule has 7 heteroatoms. The Labute approximate surface area is 114 Å². The number of nitrogens with zero attached hydrogens (tertiary/aromatic N) is 3. The van der Waals surface area contributed by atoms with E-state index in [1.807, 2.05) is 0 Å². The highest BCUT2D eigenvalue weighted by Gasteiger charge is 2.49. The van der Waals surface area contributed by atoms with E-state index in [-0.39, 0.29) is 16.8 Å². The molecule has 2 aromatic rings. The number of aromatic nitrogens is 2. The van der Waals surface area contributed by atoms with Crippen molar-refractivity contribution in [1.29, 1.82) is 0 Å². The number of hydrogen-bond donors (Lipinski definition) is 1. The fourth-order valence-electron chi connectivity index (χ4n) is 2.25. The van der Waals surface area contributed by atoms with Crippen LogP contribution in [-0.2, 0) is 0 Å². The molecule has 1 atom stereocenters. The fraction of sp³-hybridized carbons (Fsp3) is 0.385. The summed E-state index contributed by atoms with van der Waals surface area (Å²) in [5.74, 6) is 1.28. The van der Waals surface area contributed by atoms with Crippen molar-refractivity contribution in [2.45, 2.75) is 26.2 Å². The van der Waals surface area contributed by atoms with Crippen LogP contribution in [0, 0.1) is 15.5 Å². The van der Waals surface area contributed by atoms with Gasteiger partial charge in [0.1, 0.15) is 0 Å². The van der Waals surface area contributed by atoms with E-state index in [4.69, 9.17) is 10.3 Å². The highest BCUT2D eigenvalue weighted by molar-refractivity contribution is 5.72. The summed E-state index contributed by atoms with van der Waals surface area (Å²) in [4.78, 5) is 14.5. The molecule has 0 spiro atoms. The first-order chi connectivity index (χ1) is 9.38. The van der Waals surface area contributed by atoms with Crippen LogP contribution in [0.3, 0.4) is 0 Å². The molecule has 1 aromatic carbocycles. The van der Waals surface area contributed by atoms with Crippen molar-refractivity contribution < 1.29 is 9.45 Å². The number of hydrogen-bond acceptors (Lipinski definition) is 6. The normalized spacial score (nSPS) is 19.8. The van der Waals surface area contributed by atoms with Crippen molar-refractivity contribution in [3.63, 3.8) is 0 Å². The van der Waals surface area contributed by atoms with Crippen molar-refractivity contribution in [1.82, 2.24) is 10.1 Å². The first kappa shape index (κ1) is 12.6. The monoisotopic (exact) mass is 274 g/mol. The van der Waals surface area contributed by atoms with Gasteiger partial charge in [-0.2, -0.15) is 4.98 Å². The summed E-state index contributed by atoms with van der Waals surface area (Å²) >= 11 is 0. The molecule has 1 heterocycles. The molecule has 1 fully saturated rings. The van der Waals surface area contributed by atoms with Crippen LogP contribution in [0.2, 0.25) is 0 Å². The minimum atomic E-state index is -0.494. The Morgan fingerprint density at radius 1 is 1.50 bits per heavy atom. The summed E-state index contributed by atoms with van der Waals surface area (Å²) < 4.78 is 5.22. The molecule has 20 heavy (non-hydrogen) atoms. The Morgan fingerprint density at radius 3 is 2.75 bits per heavy atom. The molecule has 1 aliphatic rings. The predicted molar refractivity (Wildman–Crippen MR) is 71.9 cm³/mol. The van der Waals surface area contributed by atoms with E-state index in [1.54, 1.807) is 0 Å². The molecular formula is C13H14N4O3. The first-order valence-corrected chi connectivity index (χ1v) is 6.26. The summed E-state index contributed by atoms with van der Waals surface area (Å²) in [5, 5.41) is 14.6. The summed E-state index contributed by atoms with van der Waals surface area (Å²) in [7, 11) is 0. The lowest BCUT2D eigenvalue weighted by Crippen LogP contribution is -1.95. The van der Waals surface area contributed by atoms with E-state index in [9.17, 15) is 10.1 Å². The molecule has 0 radical (unpaired) electrons. The zero-order chi connectivity index (χ0) is 14.5. The van der Waals surface area contributed by atoms with Gasteiger partial charge in [-0.15, -0.1) is 0 Å².